The molecule has 0 radical (unpaired) electrons. The zero-order valence-corrected chi connectivity index (χ0v) is 19.4. The molecule has 0 spiro atoms. The van der Waals surface area contributed by atoms with Crippen molar-refractivity contribution < 1.29 is 32.5 Å². The first kappa shape index (κ1) is 24.8. The fraction of sp³-hybridized carbons (Fsp3) is 0.222. The predicted molar refractivity (Wildman–Crippen MR) is 126 cm³/mol. The van der Waals surface area contributed by atoms with Crippen molar-refractivity contribution in [3.8, 4) is 23.0 Å². The second kappa shape index (κ2) is 11.3. The number of alkyl halides is 2. The first-order valence-electron chi connectivity index (χ1n) is 10.5. The molecule has 0 amide bonds. The van der Waals surface area contributed by atoms with Gasteiger partial charge in [-0.15, -0.1) is 0 Å². The topological polar surface area (TPSA) is 54.0 Å². The summed E-state index contributed by atoms with van der Waals surface area (Å²) in [5, 5.41) is 0. The number of benzene rings is 3. The third kappa shape index (κ3) is 6.13. The molecule has 7 heteroatoms. The van der Waals surface area contributed by atoms with Crippen molar-refractivity contribution in [2.45, 2.75) is 27.1 Å². The number of hydrogen-bond acceptors (Lipinski definition) is 5. The maximum absolute atomic E-state index is 12.6. The number of carbonyl (C=O) groups is 1. The van der Waals surface area contributed by atoms with Crippen LogP contribution in [0.25, 0.3) is 6.08 Å². The molecule has 3 aromatic carbocycles. The van der Waals surface area contributed by atoms with E-state index in [-0.39, 0.29) is 22.8 Å². The van der Waals surface area contributed by atoms with E-state index in [9.17, 15) is 13.6 Å². The number of halogens is 2. The first-order chi connectivity index (χ1) is 16.3. The number of ketones is 1. The number of aryl methyl sites for hydroxylation is 1. The predicted octanol–water partition coefficient (Wildman–Crippen LogP) is 6.40. The van der Waals surface area contributed by atoms with Crippen LogP contribution in [0.2, 0.25) is 0 Å². The van der Waals surface area contributed by atoms with Gasteiger partial charge in [-0.25, -0.2) is 0 Å². The highest BCUT2D eigenvalue weighted by Gasteiger charge is 2.13. The third-order valence-electron chi connectivity index (χ3n) is 5.33. The number of allylic oxidation sites excluding steroid dienone is 1. The summed E-state index contributed by atoms with van der Waals surface area (Å²) < 4.78 is 45.9. The van der Waals surface area contributed by atoms with Crippen molar-refractivity contribution in [2.75, 3.05) is 14.2 Å². The van der Waals surface area contributed by atoms with Gasteiger partial charge in [-0.3, -0.25) is 4.79 Å². The quantitative estimate of drug-likeness (QED) is 0.255. The summed E-state index contributed by atoms with van der Waals surface area (Å²) in [6.45, 7) is 1.35. The van der Waals surface area contributed by atoms with E-state index in [4.69, 9.17) is 14.2 Å². The van der Waals surface area contributed by atoms with E-state index in [1.54, 1.807) is 13.2 Å². The van der Waals surface area contributed by atoms with Crippen molar-refractivity contribution in [3.05, 3.63) is 88.5 Å². The molecule has 0 aliphatic rings. The number of rotatable bonds is 10. The van der Waals surface area contributed by atoms with Gasteiger partial charge in [0.05, 0.1) is 14.2 Å². The zero-order chi connectivity index (χ0) is 24.7. The Morgan fingerprint density at radius 1 is 0.912 bits per heavy atom. The number of ether oxygens (including phenoxy) is 4. The van der Waals surface area contributed by atoms with Gasteiger partial charge in [0.2, 0.25) is 0 Å². The van der Waals surface area contributed by atoms with Gasteiger partial charge in [0, 0.05) is 11.1 Å². The molecule has 34 heavy (non-hydrogen) atoms. The Morgan fingerprint density at radius 3 is 2.35 bits per heavy atom. The molecule has 178 valence electrons. The average molecular weight is 468 g/mol. The smallest absolute Gasteiger partial charge is 0.387 e. The molecule has 0 heterocycles. The van der Waals surface area contributed by atoms with Crippen molar-refractivity contribution in [2.24, 2.45) is 0 Å². The third-order valence-corrected chi connectivity index (χ3v) is 5.33. The number of hydrogen-bond donors (Lipinski definition) is 0. The summed E-state index contributed by atoms with van der Waals surface area (Å²) in [5.41, 5.74) is 4.10. The van der Waals surface area contributed by atoms with Gasteiger partial charge < -0.3 is 18.9 Å². The van der Waals surface area contributed by atoms with Crippen LogP contribution in [0, 0.1) is 13.8 Å². The molecular formula is C27H26F2O5. The van der Waals surface area contributed by atoms with Crippen molar-refractivity contribution in [1.82, 2.24) is 0 Å². The molecule has 0 saturated heterocycles. The maximum Gasteiger partial charge on any atom is 0.387 e. The second-order valence-electron chi connectivity index (χ2n) is 7.50. The minimum absolute atomic E-state index is 0.0508. The molecule has 3 aromatic rings. The minimum atomic E-state index is -2.99. The van der Waals surface area contributed by atoms with E-state index in [2.05, 4.69) is 4.74 Å². The zero-order valence-electron chi connectivity index (χ0n) is 19.4. The normalized spacial score (nSPS) is 11.0. The molecule has 3 rings (SSSR count). The molecular weight excluding hydrogens is 442 g/mol. The van der Waals surface area contributed by atoms with Gasteiger partial charge in [-0.2, -0.15) is 8.78 Å². The lowest BCUT2D eigenvalue weighted by Crippen LogP contribution is -2.04. The summed E-state index contributed by atoms with van der Waals surface area (Å²) in [6, 6.07) is 15.5. The Hall–Kier alpha value is -3.87. The van der Waals surface area contributed by atoms with E-state index >= 15 is 0 Å². The highest BCUT2D eigenvalue weighted by molar-refractivity contribution is 6.07. The van der Waals surface area contributed by atoms with E-state index in [1.165, 1.54) is 31.4 Å². The Kier molecular flexibility index (Phi) is 8.24. The van der Waals surface area contributed by atoms with Crippen molar-refractivity contribution in [1.29, 1.82) is 0 Å². The van der Waals surface area contributed by atoms with Gasteiger partial charge in [0.25, 0.3) is 0 Å². The molecule has 0 atom stereocenters. The number of carbonyl (C=O) groups excluding carboxylic acids is 1. The molecule has 0 aliphatic carbocycles. The molecule has 0 saturated carbocycles. The van der Waals surface area contributed by atoms with E-state index in [0.717, 1.165) is 28.0 Å². The maximum atomic E-state index is 12.6. The average Bonchev–Trinajstić information content (AvgIpc) is 2.83. The van der Waals surface area contributed by atoms with Crippen LogP contribution in [0.5, 0.6) is 23.0 Å². The largest absolute Gasteiger partial charge is 0.496 e. The van der Waals surface area contributed by atoms with Crippen LogP contribution in [0.15, 0.2) is 60.7 Å². The molecule has 0 aliphatic heterocycles. The van der Waals surface area contributed by atoms with Gasteiger partial charge in [0.1, 0.15) is 18.1 Å². The molecule has 0 N–H and O–H groups in total. The summed E-state index contributed by atoms with van der Waals surface area (Å²) >= 11 is 0. The molecule has 0 unspecified atom stereocenters. The van der Waals surface area contributed by atoms with Crippen molar-refractivity contribution in [3.63, 3.8) is 0 Å². The Labute approximate surface area is 197 Å². The van der Waals surface area contributed by atoms with E-state index in [0.29, 0.717) is 12.4 Å². The summed E-state index contributed by atoms with van der Waals surface area (Å²) in [7, 11) is 2.90. The summed E-state index contributed by atoms with van der Waals surface area (Å²) in [4.78, 5) is 12.6. The fourth-order valence-corrected chi connectivity index (χ4v) is 3.33. The number of methoxy groups -OCH3 is 2. The Bertz CT molecular complexity index is 1190. The lowest BCUT2D eigenvalue weighted by molar-refractivity contribution is -0.0512. The summed E-state index contributed by atoms with van der Waals surface area (Å²) in [6.07, 6.45) is 3.07. The minimum Gasteiger partial charge on any atom is -0.496 e. The molecule has 0 bridgehead atoms. The lowest BCUT2D eigenvalue weighted by Gasteiger charge is -2.13. The molecule has 0 fully saturated rings. The highest BCUT2D eigenvalue weighted by atomic mass is 19.3. The molecule has 5 nitrogen and oxygen atoms in total. The monoisotopic (exact) mass is 468 g/mol. The lowest BCUT2D eigenvalue weighted by atomic mass is 10.1. The van der Waals surface area contributed by atoms with E-state index < -0.39 is 6.61 Å². The van der Waals surface area contributed by atoms with Crippen molar-refractivity contribution >= 4 is 11.9 Å². The van der Waals surface area contributed by atoms with E-state index in [1.807, 2.05) is 50.2 Å². The fourth-order valence-electron chi connectivity index (χ4n) is 3.33. The highest BCUT2D eigenvalue weighted by Crippen LogP contribution is 2.30. The van der Waals surface area contributed by atoms with Gasteiger partial charge in [-0.1, -0.05) is 24.3 Å². The van der Waals surface area contributed by atoms with Crippen LogP contribution < -0.4 is 18.9 Å². The van der Waals surface area contributed by atoms with Crippen LogP contribution in [-0.2, 0) is 6.61 Å². The van der Waals surface area contributed by atoms with Gasteiger partial charge in [0.15, 0.2) is 17.3 Å². The van der Waals surface area contributed by atoms with Crippen LogP contribution in [0.1, 0.15) is 32.6 Å². The van der Waals surface area contributed by atoms with Crippen LogP contribution >= 0.6 is 0 Å². The van der Waals surface area contributed by atoms with Crippen LogP contribution in [0.3, 0.4) is 0 Å². The van der Waals surface area contributed by atoms with Gasteiger partial charge in [-0.05, 0) is 73.0 Å². The standard InChI is InChI=1S/C27H26F2O5/c1-17-6-5-7-23(18(17)2)33-16-21-14-19(9-12-24(21)31-3)8-11-22(30)20-10-13-25(34-27(28)29)26(15-20)32-4/h5-15,27H,16H2,1-4H3/b11-8+. The summed E-state index contributed by atoms with van der Waals surface area (Å²) in [5.74, 6) is 1.07. The Morgan fingerprint density at radius 2 is 1.65 bits per heavy atom. The Balaban J connectivity index is 1.76. The van der Waals surface area contributed by atoms with Crippen LogP contribution in [0.4, 0.5) is 8.78 Å². The van der Waals surface area contributed by atoms with Crippen LogP contribution in [-0.4, -0.2) is 26.6 Å². The molecule has 0 aromatic heterocycles. The first-order valence-corrected chi connectivity index (χ1v) is 10.5. The second-order valence-corrected chi connectivity index (χ2v) is 7.50. The SMILES string of the molecule is COc1ccc(/C=C/C(=O)c2ccc(OC(F)F)c(OC)c2)cc1COc1cccc(C)c1C. The van der Waals surface area contributed by atoms with Gasteiger partial charge >= 0.3 is 6.61 Å².